The number of pyridine rings is 1. The lowest BCUT2D eigenvalue weighted by Gasteiger charge is -2.18. The van der Waals surface area contributed by atoms with E-state index in [1.807, 2.05) is 19.1 Å². The molecule has 0 aliphatic heterocycles. The largest absolute Gasteiger partial charge is 0.434 e. The standard InChI is InChI=1S/C51H32N2O/c1-31-23-26-49-50(52-31)53-51(54-49)36-16-8-15-34(27-36)35-24-25-43-44(28-35)46(40-22-10-14-33-12-3-5-18-38(33)40)30-47-42-20-7-6-19-41(42)45(29-48(43)47)39-21-9-13-32-11-2-4-17-37(32)39/h2-30H,1H3. The first-order chi connectivity index (χ1) is 26.7. The Hall–Kier alpha value is -7.10. The molecule has 0 bridgehead atoms. The summed E-state index contributed by atoms with van der Waals surface area (Å²) in [6, 6.07) is 63.8. The van der Waals surface area contributed by atoms with E-state index >= 15 is 0 Å². The monoisotopic (exact) mass is 688 g/mol. The summed E-state index contributed by atoms with van der Waals surface area (Å²) in [6.45, 7) is 1.97. The summed E-state index contributed by atoms with van der Waals surface area (Å²) in [5.41, 5.74) is 10.3. The van der Waals surface area contributed by atoms with Crippen molar-refractivity contribution < 1.29 is 4.42 Å². The Morgan fingerprint density at radius 1 is 0.352 bits per heavy atom. The molecule has 0 aliphatic rings. The summed E-state index contributed by atoms with van der Waals surface area (Å²) in [5, 5.41) is 12.4. The molecule has 2 heterocycles. The van der Waals surface area contributed by atoms with E-state index in [2.05, 4.69) is 169 Å². The smallest absolute Gasteiger partial charge is 0.228 e. The first-order valence-electron chi connectivity index (χ1n) is 18.4. The van der Waals surface area contributed by atoms with Gasteiger partial charge in [0.15, 0.2) is 11.2 Å². The molecule has 2 aromatic heterocycles. The number of oxazole rings is 1. The molecule has 0 radical (unpaired) electrons. The van der Waals surface area contributed by atoms with Gasteiger partial charge in [-0.05, 0) is 137 Å². The predicted molar refractivity (Wildman–Crippen MR) is 226 cm³/mol. The molecule has 0 atom stereocenters. The van der Waals surface area contributed by atoms with Crippen LogP contribution in [0.1, 0.15) is 5.69 Å². The van der Waals surface area contributed by atoms with Gasteiger partial charge in [-0.2, -0.15) is 4.98 Å². The SMILES string of the molecule is Cc1ccc2oc(-c3cccc(-c4ccc5c(c4)c(-c4cccc6ccccc46)cc4c6ccccc6c(-c6cccc7ccccc67)cc54)c3)nc2n1. The molecule has 0 spiro atoms. The molecule has 54 heavy (non-hydrogen) atoms. The van der Waals surface area contributed by atoms with Gasteiger partial charge < -0.3 is 4.42 Å². The molecule has 0 amide bonds. The van der Waals surface area contributed by atoms with Crippen LogP contribution in [0, 0.1) is 6.92 Å². The van der Waals surface area contributed by atoms with Gasteiger partial charge in [-0.1, -0.05) is 133 Å². The summed E-state index contributed by atoms with van der Waals surface area (Å²) < 4.78 is 6.17. The van der Waals surface area contributed by atoms with E-state index in [4.69, 9.17) is 9.40 Å². The fourth-order valence-electron chi connectivity index (χ4n) is 8.41. The molecule has 252 valence electrons. The molecule has 3 heteroatoms. The van der Waals surface area contributed by atoms with Gasteiger partial charge in [-0.3, -0.25) is 0 Å². The van der Waals surface area contributed by atoms with Crippen molar-refractivity contribution in [3.63, 3.8) is 0 Å². The maximum atomic E-state index is 6.17. The lowest BCUT2D eigenvalue weighted by atomic mass is 9.85. The minimum atomic E-state index is 0.570. The molecule has 3 nitrogen and oxygen atoms in total. The van der Waals surface area contributed by atoms with Crippen LogP contribution in [0.5, 0.6) is 0 Å². The zero-order valence-electron chi connectivity index (χ0n) is 29.5. The normalized spacial score (nSPS) is 11.8. The second kappa shape index (κ2) is 12.0. The summed E-state index contributed by atoms with van der Waals surface area (Å²) in [7, 11) is 0. The van der Waals surface area contributed by atoms with Crippen LogP contribution in [0.3, 0.4) is 0 Å². The van der Waals surface area contributed by atoms with E-state index in [1.165, 1.54) is 76.1 Å². The first kappa shape index (κ1) is 30.5. The third-order valence-electron chi connectivity index (χ3n) is 11.0. The molecule has 11 aromatic rings. The van der Waals surface area contributed by atoms with E-state index in [1.54, 1.807) is 0 Å². The van der Waals surface area contributed by atoms with Gasteiger partial charge in [-0.25, -0.2) is 4.98 Å². The van der Waals surface area contributed by atoms with E-state index in [9.17, 15) is 0 Å². The average Bonchev–Trinajstić information content (AvgIpc) is 3.66. The average molecular weight is 689 g/mol. The zero-order valence-corrected chi connectivity index (χ0v) is 29.5. The number of fused-ring (bicyclic) bond motifs is 8. The molecular weight excluding hydrogens is 657 g/mol. The highest BCUT2D eigenvalue weighted by atomic mass is 16.3. The molecule has 0 fully saturated rings. The first-order valence-corrected chi connectivity index (χ1v) is 18.4. The summed E-state index contributed by atoms with van der Waals surface area (Å²) >= 11 is 0. The highest BCUT2D eigenvalue weighted by Gasteiger charge is 2.18. The minimum absolute atomic E-state index is 0.570. The van der Waals surface area contributed by atoms with Crippen LogP contribution in [0.25, 0.3) is 110 Å². The quantitative estimate of drug-likeness (QED) is 0.173. The molecule has 0 unspecified atom stereocenters. The highest BCUT2D eigenvalue weighted by Crippen LogP contribution is 2.45. The van der Waals surface area contributed by atoms with Crippen molar-refractivity contribution >= 4 is 65.1 Å². The number of nitrogens with zero attached hydrogens (tertiary/aromatic N) is 2. The van der Waals surface area contributed by atoms with Gasteiger partial charge in [0, 0.05) is 11.3 Å². The third kappa shape index (κ3) is 4.83. The topological polar surface area (TPSA) is 38.9 Å². The van der Waals surface area contributed by atoms with Crippen molar-refractivity contribution in [2.45, 2.75) is 6.92 Å². The lowest BCUT2D eigenvalue weighted by molar-refractivity contribution is 0.619. The van der Waals surface area contributed by atoms with Crippen LogP contribution in [0.4, 0.5) is 0 Å². The molecule has 11 rings (SSSR count). The van der Waals surface area contributed by atoms with E-state index < -0.39 is 0 Å². The van der Waals surface area contributed by atoms with Gasteiger partial charge in [0.25, 0.3) is 0 Å². The van der Waals surface area contributed by atoms with E-state index in [0.717, 1.165) is 22.4 Å². The fraction of sp³-hybridized carbons (Fsp3) is 0.0196. The Bertz CT molecular complexity index is 3290. The number of aromatic nitrogens is 2. The van der Waals surface area contributed by atoms with E-state index in [-0.39, 0.29) is 0 Å². The van der Waals surface area contributed by atoms with Crippen LogP contribution in [-0.2, 0) is 0 Å². The summed E-state index contributed by atoms with van der Waals surface area (Å²) in [5.74, 6) is 0.570. The number of hydrogen-bond donors (Lipinski definition) is 0. The van der Waals surface area contributed by atoms with Crippen molar-refractivity contribution in [3.05, 3.63) is 182 Å². The van der Waals surface area contributed by atoms with Crippen LogP contribution in [-0.4, -0.2) is 9.97 Å². The van der Waals surface area contributed by atoms with Crippen LogP contribution in [0.2, 0.25) is 0 Å². The number of aryl methyl sites for hydroxylation is 1. The summed E-state index contributed by atoms with van der Waals surface area (Å²) in [4.78, 5) is 9.32. The predicted octanol–water partition coefficient (Wildman–Crippen LogP) is 14.0. The highest BCUT2D eigenvalue weighted by molar-refractivity contribution is 6.25. The Balaban J connectivity index is 1.20. The van der Waals surface area contributed by atoms with Crippen LogP contribution >= 0.6 is 0 Å². The Kier molecular flexibility index (Phi) is 6.77. The number of benzene rings is 9. The maximum Gasteiger partial charge on any atom is 0.228 e. The zero-order chi connectivity index (χ0) is 35.8. The molecule has 9 aromatic carbocycles. The fourth-order valence-corrected chi connectivity index (χ4v) is 8.41. The van der Waals surface area contributed by atoms with Gasteiger partial charge >= 0.3 is 0 Å². The lowest BCUT2D eigenvalue weighted by Crippen LogP contribution is -1.91. The molecule has 0 saturated heterocycles. The van der Waals surface area contributed by atoms with Crippen molar-refractivity contribution in [2.75, 3.05) is 0 Å². The Morgan fingerprint density at radius 3 is 1.63 bits per heavy atom. The van der Waals surface area contributed by atoms with Gasteiger partial charge in [0.1, 0.15) is 0 Å². The van der Waals surface area contributed by atoms with Crippen LogP contribution < -0.4 is 0 Å². The van der Waals surface area contributed by atoms with Gasteiger partial charge in [-0.15, -0.1) is 0 Å². The molecule has 0 aliphatic carbocycles. The Morgan fingerprint density at radius 2 is 0.907 bits per heavy atom. The molecule has 0 N–H and O–H groups in total. The molecular formula is C51H32N2O. The minimum Gasteiger partial charge on any atom is -0.434 e. The van der Waals surface area contributed by atoms with Crippen molar-refractivity contribution in [3.8, 4) is 44.8 Å². The van der Waals surface area contributed by atoms with Crippen LogP contribution in [0.15, 0.2) is 180 Å². The number of hydrogen-bond acceptors (Lipinski definition) is 3. The van der Waals surface area contributed by atoms with Crippen molar-refractivity contribution in [1.29, 1.82) is 0 Å². The second-order valence-corrected chi connectivity index (χ2v) is 14.2. The Labute approximate surface area is 311 Å². The van der Waals surface area contributed by atoms with Crippen molar-refractivity contribution in [2.24, 2.45) is 0 Å². The van der Waals surface area contributed by atoms with Crippen molar-refractivity contribution in [1.82, 2.24) is 9.97 Å². The van der Waals surface area contributed by atoms with E-state index in [0.29, 0.717) is 17.1 Å². The van der Waals surface area contributed by atoms with Gasteiger partial charge in [0.2, 0.25) is 5.89 Å². The maximum absolute atomic E-state index is 6.17. The summed E-state index contributed by atoms with van der Waals surface area (Å²) in [6.07, 6.45) is 0. The second-order valence-electron chi connectivity index (χ2n) is 14.2. The number of rotatable bonds is 4. The molecule has 0 saturated carbocycles. The van der Waals surface area contributed by atoms with Gasteiger partial charge in [0.05, 0.1) is 0 Å². The third-order valence-corrected chi connectivity index (χ3v) is 11.0.